The number of aromatic nitrogens is 3. The van der Waals surface area contributed by atoms with Crippen molar-refractivity contribution in [2.24, 2.45) is 5.92 Å². The average molecular weight is 677 g/mol. The molecule has 0 atom stereocenters. The normalized spacial score (nSPS) is 18.3. The van der Waals surface area contributed by atoms with Gasteiger partial charge in [0, 0.05) is 74.0 Å². The number of benzene rings is 2. The van der Waals surface area contributed by atoms with Crippen molar-refractivity contribution in [2.75, 3.05) is 49.2 Å². The number of carbonyl (C=O) groups is 1. The van der Waals surface area contributed by atoms with Gasteiger partial charge in [0.1, 0.15) is 17.3 Å². The maximum absolute atomic E-state index is 15.2. The van der Waals surface area contributed by atoms with Crippen molar-refractivity contribution in [3.8, 4) is 23.0 Å². The highest BCUT2D eigenvalue weighted by Crippen LogP contribution is 2.31. The van der Waals surface area contributed by atoms with Gasteiger partial charge in [0.2, 0.25) is 11.9 Å². The molecule has 1 saturated heterocycles. The first-order chi connectivity index (χ1) is 24.2. The Morgan fingerprint density at radius 1 is 0.960 bits per heavy atom. The fraction of sp³-hybridized carbons (Fsp3) is 0.385. The lowest BCUT2D eigenvalue weighted by Crippen LogP contribution is -2.43. The molecule has 1 aliphatic heterocycles. The molecule has 260 valence electrons. The number of amides is 1. The Kier molecular flexibility index (Phi) is 11.3. The molecular formula is C39H45FN8O2. The second-order valence-electron chi connectivity index (χ2n) is 13.5. The van der Waals surface area contributed by atoms with Gasteiger partial charge >= 0.3 is 0 Å². The Balaban J connectivity index is 1.17. The van der Waals surface area contributed by atoms with Crippen LogP contribution in [0.1, 0.15) is 56.4 Å². The predicted molar refractivity (Wildman–Crippen MR) is 195 cm³/mol. The van der Waals surface area contributed by atoms with Crippen LogP contribution in [0, 0.1) is 23.6 Å². The standard InChI is InChI=1S/C39H45FN8O2/c1-26(2)38(50)44-33-16-17-41-31(22-33)10-8-29-9-11-32(23-36(29)40)45-39-42-24-35(37(46-39)43-30-12-14-34(49)15-13-30)28-6-4-27(5-7-28)25-48-20-18-47(3)19-21-48/h4-7,9,11,16-17,22-24,26,30,34,49H,12-15,18-21,25H2,1-3H3,(H,41,44,50)(H2,42,43,45,46). The van der Waals surface area contributed by atoms with Crippen molar-refractivity contribution < 1.29 is 14.3 Å². The van der Waals surface area contributed by atoms with Gasteiger partial charge in [0.15, 0.2) is 0 Å². The molecule has 3 heterocycles. The largest absolute Gasteiger partial charge is 0.393 e. The molecule has 0 radical (unpaired) electrons. The minimum atomic E-state index is -0.501. The summed E-state index contributed by atoms with van der Waals surface area (Å²) < 4.78 is 15.2. The number of anilines is 4. The minimum absolute atomic E-state index is 0.106. The van der Waals surface area contributed by atoms with Crippen molar-refractivity contribution in [3.63, 3.8) is 0 Å². The Morgan fingerprint density at radius 2 is 1.72 bits per heavy atom. The smallest absolute Gasteiger partial charge is 0.229 e. The van der Waals surface area contributed by atoms with Gasteiger partial charge in [-0.1, -0.05) is 44.0 Å². The Bertz CT molecular complexity index is 1840. The van der Waals surface area contributed by atoms with Crippen LogP contribution in [0.2, 0.25) is 0 Å². The zero-order valence-corrected chi connectivity index (χ0v) is 28.9. The molecule has 2 aliphatic rings. The predicted octanol–water partition coefficient (Wildman–Crippen LogP) is 5.88. The van der Waals surface area contributed by atoms with E-state index in [2.05, 4.69) is 78.9 Å². The number of nitrogens with zero attached hydrogens (tertiary/aromatic N) is 5. The zero-order valence-electron chi connectivity index (χ0n) is 28.9. The molecule has 1 saturated carbocycles. The number of carbonyl (C=O) groups excluding carboxylic acids is 1. The number of piperazine rings is 1. The summed E-state index contributed by atoms with van der Waals surface area (Å²) in [4.78, 5) is 30.6. The summed E-state index contributed by atoms with van der Waals surface area (Å²) in [6, 6.07) is 16.8. The highest BCUT2D eigenvalue weighted by molar-refractivity contribution is 5.92. The third-order valence-corrected chi connectivity index (χ3v) is 9.20. The average Bonchev–Trinajstić information content (AvgIpc) is 3.11. The van der Waals surface area contributed by atoms with Crippen LogP contribution in [-0.4, -0.2) is 81.1 Å². The number of aliphatic hydroxyl groups excluding tert-OH is 1. The van der Waals surface area contributed by atoms with Crippen molar-refractivity contribution in [1.29, 1.82) is 0 Å². The van der Waals surface area contributed by atoms with E-state index in [-0.39, 0.29) is 29.5 Å². The number of hydrogen-bond acceptors (Lipinski definition) is 9. The molecular weight excluding hydrogens is 631 g/mol. The molecule has 2 aromatic heterocycles. The molecule has 0 unspecified atom stereocenters. The number of rotatable bonds is 9. The number of hydrogen-bond donors (Lipinski definition) is 4. The van der Waals surface area contributed by atoms with Gasteiger partial charge in [-0.05, 0) is 80.1 Å². The highest BCUT2D eigenvalue weighted by atomic mass is 19.1. The van der Waals surface area contributed by atoms with Crippen LogP contribution in [0.4, 0.5) is 27.5 Å². The number of halogens is 1. The van der Waals surface area contributed by atoms with Crippen molar-refractivity contribution in [3.05, 3.63) is 89.6 Å². The van der Waals surface area contributed by atoms with Gasteiger partial charge in [0.25, 0.3) is 0 Å². The van der Waals surface area contributed by atoms with E-state index in [0.717, 1.165) is 69.5 Å². The molecule has 2 aromatic carbocycles. The van der Waals surface area contributed by atoms with E-state index >= 15 is 4.39 Å². The Labute approximate surface area is 293 Å². The molecule has 2 fully saturated rings. The number of pyridine rings is 1. The van der Waals surface area contributed by atoms with Crippen molar-refractivity contribution >= 4 is 29.0 Å². The molecule has 1 aliphatic carbocycles. The molecule has 0 bridgehead atoms. The zero-order chi connectivity index (χ0) is 35.0. The molecule has 50 heavy (non-hydrogen) atoms. The monoisotopic (exact) mass is 676 g/mol. The fourth-order valence-electron chi connectivity index (χ4n) is 6.05. The molecule has 4 aromatic rings. The van der Waals surface area contributed by atoms with E-state index in [0.29, 0.717) is 28.8 Å². The van der Waals surface area contributed by atoms with Gasteiger partial charge in [0.05, 0.1) is 11.7 Å². The van der Waals surface area contributed by atoms with Crippen LogP contribution in [0.3, 0.4) is 0 Å². The number of nitrogens with one attached hydrogen (secondary N) is 3. The van der Waals surface area contributed by atoms with Gasteiger partial charge in [-0.2, -0.15) is 4.98 Å². The third kappa shape index (κ3) is 9.41. The molecule has 0 spiro atoms. The molecule has 1 amide bonds. The van der Waals surface area contributed by atoms with E-state index < -0.39 is 5.82 Å². The number of likely N-dealkylation sites (N-methyl/N-ethyl adjacent to an activating group) is 1. The van der Waals surface area contributed by atoms with E-state index in [1.165, 1.54) is 11.6 Å². The molecule has 10 nitrogen and oxygen atoms in total. The summed E-state index contributed by atoms with van der Waals surface area (Å²) in [5.74, 6) is 5.99. The van der Waals surface area contributed by atoms with Crippen LogP contribution in [0.15, 0.2) is 67.0 Å². The summed E-state index contributed by atoms with van der Waals surface area (Å²) in [5, 5.41) is 19.6. The quantitative estimate of drug-likeness (QED) is 0.161. The maximum Gasteiger partial charge on any atom is 0.229 e. The molecule has 6 rings (SSSR count). The summed E-state index contributed by atoms with van der Waals surface area (Å²) in [6.45, 7) is 8.86. The lowest BCUT2D eigenvalue weighted by molar-refractivity contribution is -0.118. The maximum atomic E-state index is 15.2. The van der Waals surface area contributed by atoms with Crippen LogP contribution < -0.4 is 16.0 Å². The lowest BCUT2D eigenvalue weighted by Gasteiger charge is -2.32. The van der Waals surface area contributed by atoms with Gasteiger partial charge in [-0.25, -0.2) is 14.4 Å². The second-order valence-corrected chi connectivity index (χ2v) is 13.5. The summed E-state index contributed by atoms with van der Waals surface area (Å²) >= 11 is 0. The number of aliphatic hydroxyl groups is 1. The van der Waals surface area contributed by atoms with Crippen LogP contribution in [0.5, 0.6) is 0 Å². The van der Waals surface area contributed by atoms with Crippen LogP contribution in [0.25, 0.3) is 11.1 Å². The minimum Gasteiger partial charge on any atom is -0.393 e. The summed E-state index contributed by atoms with van der Waals surface area (Å²) in [7, 11) is 2.17. The highest BCUT2D eigenvalue weighted by Gasteiger charge is 2.22. The van der Waals surface area contributed by atoms with E-state index in [4.69, 9.17) is 4.98 Å². The van der Waals surface area contributed by atoms with E-state index in [9.17, 15) is 9.90 Å². The first kappa shape index (κ1) is 35.0. The third-order valence-electron chi connectivity index (χ3n) is 9.20. The topological polar surface area (TPSA) is 119 Å². The van der Waals surface area contributed by atoms with E-state index in [1.54, 1.807) is 36.7 Å². The Morgan fingerprint density at radius 3 is 2.44 bits per heavy atom. The van der Waals surface area contributed by atoms with Gasteiger partial charge in [-0.15, -0.1) is 0 Å². The Hall–Kier alpha value is -4.89. The SMILES string of the molecule is CC(C)C(=O)Nc1ccnc(C#Cc2ccc(Nc3ncc(-c4ccc(CN5CCN(C)CC5)cc4)c(NC4CCC(O)CC4)n3)cc2F)c1. The molecule has 11 heteroatoms. The summed E-state index contributed by atoms with van der Waals surface area (Å²) in [5.41, 5.74) is 4.85. The van der Waals surface area contributed by atoms with E-state index in [1.807, 2.05) is 13.8 Å². The van der Waals surface area contributed by atoms with Gasteiger partial charge in [-0.3, -0.25) is 9.69 Å². The van der Waals surface area contributed by atoms with Crippen LogP contribution >= 0.6 is 0 Å². The van der Waals surface area contributed by atoms with Crippen molar-refractivity contribution in [2.45, 2.75) is 58.2 Å². The first-order valence-corrected chi connectivity index (χ1v) is 17.4. The molecule has 4 N–H and O–H groups in total. The first-order valence-electron chi connectivity index (χ1n) is 17.4. The fourth-order valence-corrected chi connectivity index (χ4v) is 6.05. The lowest BCUT2D eigenvalue weighted by atomic mass is 9.93. The van der Waals surface area contributed by atoms with Crippen molar-refractivity contribution in [1.82, 2.24) is 24.8 Å². The second kappa shape index (κ2) is 16.2. The van der Waals surface area contributed by atoms with Gasteiger partial charge < -0.3 is 26.0 Å². The van der Waals surface area contributed by atoms with Crippen LogP contribution in [-0.2, 0) is 11.3 Å². The summed E-state index contributed by atoms with van der Waals surface area (Å²) in [6.07, 6.45) is 6.27.